The maximum Gasteiger partial charge on any atom is 0.333 e. The fraction of sp³-hybridized carbons (Fsp3) is 0.327. The number of methoxy groups -OCH3 is 2. The van der Waals surface area contributed by atoms with Crippen LogP contribution in [0, 0.1) is 0 Å². The van der Waals surface area contributed by atoms with E-state index in [0.717, 1.165) is 103 Å². The number of hydrogen-bond donors (Lipinski definition) is 0. The van der Waals surface area contributed by atoms with Gasteiger partial charge in [-0.05, 0) is 173 Å². The van der Waals surface area contributed by atoms with Gasteiger partial charge >= 0.3 is 5.97 Å². The predicted octanol–water partition coefficient (Wildman–Crippen LogP) is 13.2. The zero-order valence-electron chi connectivity index (χ0n) is 35.4. The standard InChI is InChI=1S/C49H56N4O8/c1-37(2)49(54)61-36-38-33-47(59-31-11-7-5-9-29-57-45-25-17-41(18-26-45)52-50-39-13-21-43(55-3)22-14-39)35-48(34-38)60-32-12-8-6-10-30-58-46-27-19-42(20-28-46)53-51-40-15-23-44(56-4)24-16-40/h13-28,33-35H,1,5-12,29-32,36H2,2-4H3. The number of ether oxygens (including phenoxy) is 7. The van der Waals surface area contributed by atoms with Crippen LogP contribution < -0.4 is 28.4 Å². The van der Waals surface area contributed by atoms with E-state index < -0.39 is 5.97 Å². The minimum absolute atomic E-state index is 0.103. The quantitative estimate of drug-likeness (QED) is 0.0221. The monoisotopic (exact) mass is 828 g/mol. The van der Waals surface area contributed by atoms with Crippen molar-refractivity contribution in [2.75, 3.05) is 40.6 Å². The SMILES string of the molecule is C=C(C)C(=O)OCc1cc(OCCCCCCOc2ccc(N=Nc3ccc(OC)cc3)cc2)cc(OCCCCCCOc2ccc(N=Nc3ccc(OC)cc3)cc2)c1. The molecule has 5 aromatic carbocycles. The van der Waals surface area contributed by atoms with Crippen LogP contribution in [0.3, 0.4) is 0 Å². The van der Waals surface area contributed by atoms with Gasteiger partial charge in [0, 0.05) is 11.6 Å². The van der Waals surface area contributed by atoms with E-state index in [2.05, 4.69) is 27.0 Å². The molecule has 0 saturated carbocycles. The number of esters is 1. The largest absolute Gasteiger partial charge is 0.497 e. The van der Waals surface area contributed by atoms with Crippen molar-refractivity contribution < 1.29 is 38.0 Å². The van der Waals surface area contributed by atoms with Crippen molar-refractivity contribution in [2.45, 2.75) is 64.9 Å². The highest BCUT2D eigenvalue weighted by Crippen LogP contribution is 2.27. The van der Waals surface area contributed by atoms with Gasteiger partial charge in [0.2, 0.25) is 0 Å². The van der Waals surface area contributed by atoms with Gasteiger partial charge in [-0.2, -0.15) is 20.5 Å². The fourth-order valence-corrected chi connectivity index (χ4v) is 5.77. The summed E-state index contributed by atoms with van der Waals surface area (Å²) in [5, 5.41) is 17.1. The van der Waals surface area contributed by atoms with E-state index in [-0.39, 0.29) is 6.61 Å². The van der Waals surface area contributed by atoms with Crippen molar-refractivity contribution in [2.24, 2.45) is 20.5 Å². The van der Waals surface area contributed by atoms with Gasteiger partial charge in [-0.25, -0.2) is 4.79 Å². The lowest BCUT2D eigenvalue weighted by atomic mass is 10.2. The van der Waals surface area contributed by atoms with Gasteiger partial charge in [-0.3, -0.25) is 0 Å². The predicted molar refractivity (Wildman–Crippen MR) is 237 cm³/mol. The van der Waals surface area contributed by atoms with Crippen LogP contribution in [0.1, 0.15) is 63.9 Å². The number of hydrogen-bond acceptors (Lipinski definition) is 12. The molecule has 0 atom stereocenters. The molecule has 12 heteroatoms. The van der Waals surface area contributed by atoms with Gasteiger partial charge in [-0.1, -0.05) is 6.58 Å². The molecule has 0 amide bonds. The van der Waals surface area contributed by atoms with E-state index in [1.165, 1.54) is 0 Å². The zero-order chi connectivity index (χ0) is 42.9. The molecule has 0 heterocycles. The average molecular weight is 829 g/mol. The third-order valence-electron chi connectivity index (χ3n) is 9.19. The second kappa shape index (κ2) is 25.7. The summed E-state index contributed by atoms with van der Waals surface area (Å²) in [7, 11) is 3.26. The number of carbonyl (C=O) groups excluding carboxylic acids is 1. The van der Waals surface area contributed by atoms with Crippen LogP contribution in [0.4, 0.5) is 22.7 Å². The van der Waals surface area contributed by atoms with Crippen molar-refractivity contribution in [3.05, 3.63) is 133 Å². The molecule has 12 nitrogen and oxygen atoms in total. The number of carbonyl (C=O) groups is 1. The molecular weight excluding hydrogens is 773 g/mol. The maximum atomic E-state index is 12.1. The van der Waals surface area contributed by atoms with Gasteiger partial charge in [0.05, 0.1) is 63.4 Å². The van der Waals surface area contributed by atoms with Crippen molar-refractivity contribution in [3.63, 3.8) is 0 Å². The van der Waals surface area contributed by atoms with E-state index in [9.17, 15) is 4.79 Å². The molecule has 0 fully saturated rings. The number of unbranched alkanes of at least 4 members (excludes halogenated alkanes) is 6. The second-order valence-corrected chi connectivity index (χ2v) is 14.2. The van der Waals surface area contributed by atoms with Crippen LogP contribution in [0.15, 0.2) is 148 Å². The summed E-state index contributed by atoms with van der Waals surface area (Å²) in [6.07, 6.45) is 7.69. The van der Waals surface area contributed by atoms with E-state index in [0.29, 0.717) is 43.5 Å². The highest BCUT2D eigenvalue weighted by Gasteiger charge is 2.09. The minimum Gasteiger partial charge on any atom is -0.497 e. The first-order chi connectivity index (χ1) is 29.9. The summed E-state index contributed by atoms with van der Waals surface area (Å²) >= 11 is 0. The highest BCUT2D eigenvalue weighted by atomic mass is 16.5. The van der Waals surface area contributed by atoms with Gasteiger partial charge < -0.3 is 33.2 Å². The molecule has 5 aromatic rings. The van der Waals surface area contributed by atoms with Crippen molar-refractivity contribution >= 4 is 28.7 Å². The maximum absolute atomic E-state index is 12.1. The van der Waals surface area contributed by atoms with E-state index in [1.807, 2.05) is 115 Å². The lowest BCUT2D eigenvalue weighted by Gasteiger charge is -2.13. The van der Waals surface area contributed by atoms with Crippen molar-refractivity contribution in [1.82, 2.24) is 0 Å². The number of nitrogens with zero attached hydrogens (tertiary/aromatic N) is 4. The molecule has 320 valence electrons. The Morgan fingerprint density at radius 2 is 0.754 bits per heavy atom. The minimum atomic E-state index is -0.435. The summed E-state index contributed by atoms with van der Waals surface area (Å²) in [4.78, 5) is 12.1. The average Bonchev–Trinajstić information content (AvgIpc) is 3.29. The summed E-state index contributed by atoms with van der Waals surface area (Å²) in [5.74, 6) is 4.08. The Morgan fingerprint density at radius 1 is 0.443 bits per heavy atom. The molecule has 0 N–H and O–H groups in total. The Morgan fingerprint density at radius 3 is 1.07 bits per heavy atom. The molecular formula is C49H56N4O8. The first kappa shape index (κ1) is 45.4. The molecule has 0 aliphatic rings. The Balaban J connectivity index is 0.948. The highest BCUT2D eigenvalue weighted by molar-refractivity contribution is 5.86. The van der Waals surface area contributed by atoms with Crippen LogP contribution >= 0.6 is 0 Å². The third kappa shape index (κ3) is 17.2. The first-order valence-electron chi connectivity index (χ1n) is 20.7. The first-order valence-corrected chi connectivity index (χ1v) is 20.7. The van der Waals surface area contributed by atoms with Crippen molar-refractivity contribution in [3.8, 4) is 34.5 Å². The molecule has 0 radical (unpaired) electrons. The van der Waals surface area contributed by atoms with Crippen molar-refractivity contribution in [1.29, 1.82) is 0 Å². The molecule has 0 aromatic heterocycles. The Labute approximate surface area is 359 Å². The molecule has 0 unspecified atom stereocenters. The van der Waals surface area contributed by atoms with Crippen LogP contribution in [-0.4, -0.2) is 46.6 Å². The van der Waals surface area contributed by atoms with Crippen LogP contribution in [0.5, 0.6) is 34.5 Å². The molecule has 0 saturated heterocycles. The van der Waals surface area contributed by atoms with Crippen LogP contribution in [-0.2, 0) is 16.1 Å². The summed E-state index contributed by atoms with van der Waals surface area (Å²) in [5.41, 5.74) is 4.15. The molecule has 61 heavy (non-hydrogen) atoms. The molecule has 0 bridgehead atoms. The Hall–Kier alpha value is -6.69. The van der Waals surface area contributed by atoms with E-state index >= 15 is 0 Å². The Kier molecular flexibility index (Phi) is 19.1. The summed E-state index contributed by atoms with van der Waals surface area (Å²) < 4.78 is 39.9. The van der Waals surface area contributed by atoms with E-state index in [4.69, 9.17) is 33.2 Å². The second-order valence-electron chi connectivity index (χ2n) is 14.2. The fourth-order valence-electron chi connectivity index (χ4n) is 5.77. The van der Waals surface area contributed by atoms with Gasteiger partial charge in [0.1, 0.15) is 41.1 Å². The Bertz CT molecular complexity index is 1990. The van der Waals surface area contributed by atoms with E-state index in [1.54, 1.807) is 21.1 Å². The van der Waals surface area contributed by atoms with Gasteiger partial charge in [-0.15, -0.1) is 0 Å². The summed E-state index contributed by atoms with van der Waals surface area (Å²) in [6.45, 7) is 7.78. The lowest BCUT2D eigenvalue weighted by molar-refractivity contribution is -0.140. The lowest BCUT2D eigenvalue weighted by Crippen LogP contribution is -2.06. The topological polar surface area (TPSA) is 131 Å². The summed E-state index contributed by atoms with van der Waals surface area (Å²) in [6, 6.07) is 35.7. The zero-order valence-corrected chi connectivity index (χ0v) is 35.4. The molecule has 5 rings (SSSR count). The van der Waals surface area contributed by atoms with Crippen LogP contribution in [0.2, 0.25) is 0 Å². The number of azo groups is 2. The number of benzene rings is 5. The third-order valence-corrected chi connectivity index (χ3v) is 9.19. The molecule has 0 spiro atoms. The van der Waals surface area contributed by atoms with Gasteiger partial charge in [0.25, 0.3) is 0 Å². The number of rotatable bonds is 27. The van der Waals surface area contributed by atoms with Crippen LogP contribution in [0.25, 0.3) is 0 Å². The molecule has 0 aliphatic heterocycles. The normalized spacial score (nSPS) is 11.1. The van der Waals surface area contributed by atoms with Gasteiger partial charge in [0.15, 0.2) is 0 Å². The molecule has 0 aliphatic carbocycles. The smallest absolute Gasteiger partial charge is 0.333 e.